The topological polar surface area (TPSA) is 9.23 Å². The molecule has 0 fully saturated rings. The van der Waals surface area contributed by atoms with Gasteiger partial charge in [-0.25, -0.2) is 0 Å². The van der Waals surface area contributed by atoms with E-state index < -0.39 is 0 Å². The molecule has 2 atom stereocenters. The molecule has 26 heavy (non-hydrogen) atoms. The molecule has 0 N–H and O–H groups in total. The van der Waals surface area contributed by atoms with Gasteiger partial charge in [0.25, 0.3) is 0 Å². The molecule has 0 spiro atoms. The van der Waals surface area contributed by atoms with Crippen LogP contribution in [0.2, 0.25) is 0 Å². The van der Waals surface area contributed by atoms with Crippen LogP contribution >= 0.6 is 9.24 Å². The number of benzene rings is 3. The maximum absolute atomic E-state index is 5.73. The van der Waals surface area contributed by atoms with E-state index in [1.165, 1.54) is 43.8 Å². The lowest BCUT2D eigenvalue weighted by Crippen LogP contribution is -2.09. The zero-order chi connectivity index (χ0) is 18.1. The number of allylic oxidation sites excluding steroid dienone is 2. The van der Waals surface area contributed by atoms with Gasteiger partial charge in [0, 0.05) is 12.1 Å². The van der Waals surface area contributed by atoms with E-state index >= 15 is 0 Å². The van der Waals surface area contributed by atoms with E-state index in [0.717, 1.165) is 6.42 Å². The summed E-state index contributed by atoms with van der Waals surface area (Å²) in [6.45, 7) is 4.74. The largest absolute Gasteiger partial charge is 0.501 e. The summed E-state index contributed by atoms with van der Waals surface area (Å²) in [6, 6.07) is 17.5. The Labute approximate surface area is 157 Å². The maximum atomic E-state index is 5.73. The summed E-state index contributed by atoms with van der Waals surface area (Å²) >= 11 is 0. The van der Waals surface area contributed by atoms with Crippen LogP contribution in [-0.2, 0) is 4.74 Å². The molecule has 0 heterocycles. The first-order valence-corrected chi connectivity index (χ1v) is 9.83. The number of fused-ring (bicyclic) bond motifs is 6. The van der Waals surface area contributed by atoms with Gasteiger partial charge in [-0.15, -0.1) is 15.0 Å². The van der Waals surface area contributed by atoms with Crippen molar-refractivity contribution in [2.45, 2.75) is 25.9 Å². The second-order valence-electron chi connectivity index (χ2n) is 6.59. The Balaban J connectivity index is 2.19. The molecule has 1 aliphatic carbocycles. The van der Waals surface area contributed by atoms with Crippen LogP contribution in [-0.4, -0.2) is 6.61 Å². The number of hydrogen-bond acceptors (Lipinski definition) is 1. The Morgan fingerprint density at radius 3 is 2.31 bits per heavy atom. The smallest absolute Gasteiger partial charge is 0.0870 e. The van der Waals surface area contributed by atoms with Crippen molar-refractivity contribution in [3.05, 3.63) is 83.3 Å². The van der Waals surface area contributed by atoms with Crippen molar-refractivity contribution in [3.63, 3.8) is 0 Å². The Kier molecular flexibility index (Phi) is 4.68. The standard InChI is InChI=1S/C24H23OP/c1-3-9-16-14-17(15-25-4-2)22-20-12-7-5-10-18(20)19-11-6-8-13-21(19)23(22)24(16)26/h3,5-8,10-13,15,24H,4,14,26H2,1-2H3. The van der Waals surface area contributed by atoms with Crippen molar-refractivity contribution in [2.24, 2.45) is 0 Å². The Bertz CT molecular complexity index is 1080. The Morgan fingerprint density at radius 2 is 1.65 bits per heavy atom. The first kappa shape index (κ1) is 17.1. The maximum Gasteiger partial charge on any atom is 0.0870 e. The van der Waals surface area contributed by atoms with Gasteiger partial charge in [0.15, 0.2) is 0 Å². The van der Waals surface area contributed by atoms with Crippen molar-refractivity contribution < 1.29 is 4.74 Å². The zero-order valence-corrected chi connectivity index (χ0v) is 16.4. The SMILES string of the molecule is CC=C=C1CC(=COCC)c2c(c3ccccc3c3ccccc23)C1P. The molecular weight excluding hydrogens is 335 g/mol. The highest BCUT2D eigenvalue weighted by Gasteiger charge is 2.29. The highest BCUT2D eigenvalue weighted by molar-refractivity contribution is 7.17. The molecule has 1 nitrogen and oxygen atoms in total. The van der Waals surface area contributed by atoms with Crippen molar-refractivity contribution in [2.75, 3.05) is 6.61 Å². The molecule has 0 saturated heterocycles. The lowest BCUT2D eigenvalue weighted by Gasteiger charge is -2.29. The van der Waals surface area contributed by atoms with Gasteiger partial charge in [-0.3, -0.25) is 0 Å². The van der Waals surface area contributed by atoms with Crippen LogP contribution in [0.25, 0.3) is 27.1 Å². The fourth-order valence-corrected chi connectivity index (χ4v) is 4.59. The summed E-state index contributed by atoms with van der Waals surface area (Å²) in [4.78, 5) is 0. The predicted octanol–water partition coefficient (Wildman–Crippen LogP) is 6.79. The summed E-state index contributed by atoms with van der Waals surface area (Å²) in [7, 11) is 3.05. The summed E-state index contributed by atoms with van der Waals surface area (Å²) in [5, 5.41) is 5.24. The van der Waals surface area contributed by atoms with Crippen LogP contribution in [0, 0.1) is 0 Å². The average molecular weight is 358 g/mol. The third kappa shape index (κ3) is 2.69. The van der Waals surface area contributed by atoms with E-state index in [0.29, 0.717) is 6.61 Å². The van der Waals surface area contributed by atoms with Gasteiger partial charge in [0.05, 0.1) is 12.9 Å². The monoisotopic (exact) mass is 358 g/mol. The molecule has 0 amide bonds. The van der Waals surface area contributed by atoms with Crippen LogP contribution in [0.1, 0.15) is 37.1 Å². The first-order valence-electron chi connectivity index (χ1n) is 9.16. The molecular formula is C24H23OP. The van der Waals surface area contributed by atoms with Crippen LogP contribution in [0.5, 0.6) is 0 Å². The highest BCUT2D eigenvalue weighted by Crippen LogP contribution is 2.50. The molecule has 130 valence electrons. The van der Waals surface area contributed by atoms with Crippen LogP contribution in [0.4, 0.5) is 0 Å². The summed E-state index contributed by atoms with van der Waals surface area (Å²) in [5.41, 5.74) is 8.95. The van der Waals surface area contributed by atoms with Crippen molar-refractivity contribution >= 4 is 36.4 Å². The molecule has 0 aromatic heterocycles. The lowest BCUT2D eigenvalue weighted by atomic mass is 9.78. The van der Waals surface area contributed by atoms with E-state index in [9.17, 15) is 0 Å². The van der Waals surface area contributed by atoms with Crippen LogP contribution < -0.4 is 0 Å². The zero-order valence-electron chi connectivity index (χ0n) is 15.3. The van der Waals surface area contributed by atoms with Gasteiger partial charge in [-0.05, 0) is 63.7 Å². The normalized spacial score (nSPS) is 18.0. The van der Waals surface area contributed by atoms with Gasteiger partial charge >= 0.3 is 0 Å². The van der Waals surface area contributed by atoms with E-state index in [1.807, 2.05) is 26.2 Å². The molecule has 3 aromatic carbocycles. The third-order valence-corrected chi connectivity index (χ3v) is 5.82. The summed E-state index contributed by atoms with van der Waals surface area (Å²) in [5.74, 6) is 0. The predicted molar refractivity (Wildman–Crippen MR) is 115 cm³/mol. The van der Waals surface area contributed by atoms with E-state index in [1.54, 1.807) is 0 Å². The third-order valence-electron chi connectivity index (χ3n) is 5.08. The minimum atomic E-state index is 0.259. The number of ether oxygens (including phenoxy) is 1. The summed E-state index contributed by atoms with van der Waals surface area (Å²) in [6.07, 6.45) is 4.83. The first-order chi connectivity index (χ1) is 12.8. The van der Waals surface area contributed by atoms with Gasteiger partial charge < -0.3 is 4.74 Å². The lowest BCUT2D eigenvalue weighted by molar-refractivity contribution is 0.270. The molecule has 0 bridgehead atoms. The molecule has 0 saturated carbocycles. The van der Waals surface area contributed by atoms with Crippen LogP contribution in [0.3, 0.4) is 0 Å². The molecule has 0 radical (unpaired) electrons. The Morgan fingerprint density at radius 1 is 1.04 bits per heavy atom. The van der Waals surface area contributed by atoms with Gasteiger partial charge in [0.1, 0.15) is 0 Å². The minimum absolute atomic E-state index is 0.259. The highest BCUT2D eigenvalue weighted by atomic mass is 31.0. The van der Waals surface area contributed by atoms with E-state index in [-0.39, 0.29) is 5.66 Å². The fraction of sp³-hybridized carbons (Fsp3) is 0.208. The van der Waals surface area contributed by atoms with E-state index in [4.69, 9.17) is 4.74 Å². The number of hydrogen-bond donors (Lipinski definition) is 0. The second kappa shape index (κ2) is 7.12. The van der Waals surface area contributed by atoms with Crippen molar-refractivity contribution in [1.29, 1.82) is 0 Å². The molecule has 1 aliphatic rings. The quantitative estimate of drug-likeness (QED) is 0.212. The van der Waals surface area contributed by atoms with Crippen molar-refractivity contribution in [3.8, 4) is 0 Å². The second-order valence-corrected chi connectivity index (χ2v) is 7.26. The fourth-order valence-electron chi connectivity index (χ4n) is 4.03. The van der Waals surface area contributed by atoms with Gasteiger partial charge in [0.2, 0.25) is 0 Å². The van der Waals surface area contributed by atoms with Crippen LogP contribution in [0.15, 0.2) is 72.2 Å². The molecule has 2 heteroatoms. The van der Waals surface area contributed by atoms with Gasteiger partial charge in [-0.2, -0.15) is 0 Å². The summed E-state index contributed by atoms with van der Waals surface area (Å²) < 4.78 is 5.73. The molecule has 2 unspecified atom stereocenters. The molecule has 4 rings (SSSR count). The average Bonchev–Trinajstić information content (AvgIpc) is 2.68. The molecule has 3 aromatic rings. The van der Waals surface area contributed by atoms with Crippen molar-refractivity contribution in [1.82, 2.24) is 0 Å². The van der Waals surface area contributed by atoms with E-state index in [2.05, 4.69) is 63.5 Å². The Hall–Kier alpha value is -2.33. The minimum Gasteiger partial charge on any atom is -0.501 e. The molecule has 0 aliphatic heterocycles. The van der Waals surface area contributed by atoms with Gasteiger partial charge in [-0.1, -0.05) is 48.5 Å². The number of rotatable bonds is 2.